The van der Waals surface area contributed by atoms with E-state index in [-0.39, 0.29) is 5.57 Å². The number of carbonyl (C=O) groups excluding carboxylic acids is 3. The van der Waals surface area contributed by atoms with Gasteiger partial charge in [0.15, 0.2) is 0 Å². The number of carbonyl (C=O) groups is 3. The highest BCUT2D eigenvalue weighted by molar-refractivity contribution is 9.10. The maximum atomic E-state index is 12.9. The summed E-state index contributed by atoms with van der Waals surface area (Å²) in [5.41, 5.74) is 1.88. The van der Waals surface area contributed by atoms with Crippen LogP contribution in [-0.4, -0.2) is 31.9 Å². The molecule has 138 valence electrons. The minimum Gasteiger partial charge on any atom is -0.377 e. The highest BCUT2D eigenvalue weighted by Gasteiger charge is 2.36. The number of anilines is 2. The van der Waals surface area contributed by atoms with Crippen molar-refractivity contribution in [2.75, 3.05) is 23.9 Å². The highest BCUT2D eigenvalue weighted by Crippen LogP contribution is 2.28. The number of rotatable bonds is 3. The lowest BCUT2D eigenvalue weighted by Crippen LogP contribution is -2.54. The summed E-state index contributed by atoms with van der Waals surface area (Å²) in [4.78, 5) is 40.2. The Balaban J connectivity index is 2.00. The zero-order chi connectivity index (χ0) is 19.7. The lowest BCUT2D eigenvalue weighted by molar-refractivity contribution is -0.122. The first kappa shape index (κ1) is 19.3. The van der Waals surface area contributed by atoms with Crippen molar-refractivity contribution in [1.82, 2.24) is 5.32 Å². The number of hydrogen-bond acceptors (Lipinski definition) is 4. The van der Waals surface area contributed by atoms with E-state index >= 15 is 0 Å². The van der Waals surface area contributed by atoms with Gasteiger partial charge in [-0.25, -0.2) is 9.69 Å². The van der Waals surface area contributed by atoms with Gasteiger partial charge in [0.05, 0.1) is 11.4 Å². The van der Waals surface area contributed by atoms with Gasteiger partial charge in [-0.2, -0.15) is 0 Å². The largest absolute Gasteiger partial charge is 0.377 e. The van der Waals surface area contributed by atoms with Crippen LogP contribution in [-0.2, 0) is 9.59 Å². The van der Waals surface area contributed by atoms with Crippen LogP contribution < -0.4 is 15.1 Å². The van der Waals surface area contributed by atoms with Gasteiger partial charge in [0.25, 0.3) is 11.8 Å². The van der Waals surface area contributed by atoms with Gasteiger partial charge in [-0.15, -0.1) is 0 Å². The molecule has 4 amide bonds. The fourth-order valence-electron chi connectivity index (χ4n) is 2.65. The fraction of sp³-hybridized carbons (Fsp3) is 0.105. The minimum absolute atomic E-state index is 0.112. The Morgan fingerprint density at radius 3 is 2.41 bits per heavy atom. The van der Waals surface area contributed by atoms with Crippen LogP contribution in [0.15, 0.2) is 57.0 Å². The Labute approximate surface area is 173 Å². The molecule has 1 N–H and O–H groups in total. The van der Waals surface area contributed by atoms with Gasteiger partial charge in [0.1, 0.15) is 5.57 Å². The zero-order valence-corrected chi connectivity index (χ0v) is 17.7. The van der Waals surface area contributed by atoms with Gasteiger partial charge in [0, 0.05) is 23.0 Å². The molecule has 0 aromatic heterocycles. The van der Waals surface area contributed by atoms with E-state index in [9.17, 15) is 14.4 Å². The molecule has 0 aliphatic carbocycles. The summed E-state index contributed by atoms with van der Waals surface area (Å²) in [5, 5.41) is 2.22. The normalized spacial score (nSPS) is 15.9. The van der Waals surface area contributed by atoms with Crippen LogP contribution >= 0.6 is 31.9 Å². The lowest BCUT2D eigenvalue weighted by Gasteiger charge is -2.26. The van der Waals surface area contributed by atoms with Crippen molar-refractivity contribution >= 4 is 67.2 Å². The van der Waals surface area contributed by atoms with Crippen LogP contribution in [0.5, 0.6) is 0 Å². The van der Waals surface area contributed by atoms with E-state index in [2.05, 4.69) is 37.2 Å². The average Bonchev–Trinajstić information content (AvgIpc) is 2.58. The molecule has 2 aromatic rings. The molecule has 0 atom stereocenters. The second-order valence-corrected chi connectivity index (χ2v) is 7.81. The number of nitrogens with one attached hydrogen (secondary N) is 1. The van der Waals surface area contributed by atoms with Gasteiger partial charge in [-0.1, -0.05) is 28.1 Å². The van der Waals surface area contributed by atoms with E-state index in [1.807, 2.05) is 31.1 Å². The molecule has 1 aliphatic heterocycles. The van der Waals surface area contributed by atoms with E-state index in [0.717, 1.165) is 15.1 Å². The third-order valence-corrected chi connectivity index (χ3v) is 5.06. The summed E-state index contributed by atoms with van der Waals surface area (Å²) in [6, 6.07) is 11.4. The van der Waals surface area contributed by atoms with Gasteiger partial charge >= 0.3 is 6.03 Å². The summed E-state index contributed by atoms with van der Waals surface area (Å²) in [6.07, 6.45) is 1.47. The Hall–Kier alpha value is -2.45. The number of hydrogen-bond donors (Lipinski definition) is 1. The number of barbiturate groups is 1. The van der Waals surface area contributed by atoms with Crippen LogP contribution in [0.2, 0.25) is 0 Å². The topological polar surface area (TPSA) is 69.7 Å². The second kappa shape index (κ2) is 7.66. The molecular weight excluding hydrogens is 478 g/mol. The van der Waals surface area contributed by atoms with Crippen molar-refractivity contribution in [2.45, 2.75) is 0 Å². The van der Waals surface area contributed by atoms with E-state index in [1.165, 1.54) is 6.08 Å². The first-order valence-corrected chi connectivity index (χ1v) is 9.50. The molecule has 3 rings (SSSR count). The monoisotopic (exact) mass is 491 g/mol. The first-order valence-electron chi connectivity index (χ1n) is 7.92. The van der Waals surface area contributed by atoms with Gasteiger partial charge < -0.3 is 4.90 Å². The van der Waals surface area contributed by atoms with Crippen molar-refractivity contribution in [3.63, 3.8) is 0 Å². The number of nitrogens with zero attached hydrogens (tertiary/aromatic N) is 2. The van der Waals surface area contributed by atoms with E-state index < -0.39 is 17.8 Å². The predicted molar refractivity (Wildman–Crippen MR) is 112 cm³/mol. The summed E-state index contributed by atoms with van der Waals surface area (Å²) in [5.74, 6) is -1.39. The molecule has 27 heavy (non-hydrogen) atoms. The first-order chi connectivity index (χ1) is 12.8. The van der Waals surface area contributed by atoms with Crippen LogP contribution in [0, 0.1) is 0 Å². The summed E-state index contributed by atoms with van der Waals surface area (Å²) < 4.78 is 1.54. The fourth-order valence-corrected chi connectivity index (χ4v) is 3.79. The average molecular weight is 493 g/mol. The Kier molecular flexibility index (Phi) is 5.48. The predicted octanol–water partition coefficient (Wildman–Crippen LogP) is 3.94. The molecule has 1 fully saturated rings. The molecular formula is C19H15Br2N3O3. The number of benzene rings is 2. The third-order valence-electron chi connectivity index (χ3n) is 3.93. The third kappa shape index (κ3) is 3.96. The quantitative estimate of drug-likeness (QED) is 0.520. The van der Waals surface area contributed by atoms with Crippen molar-refractivity contribution in [3.8, 4) is 0 Å². The molecule has 1 aliphatic rings. The summed E-state index contributed by atoms with van der Waals surface area (Å²) in [7, 11) is 3.83. The zero-order valence-electron chi connectivity index (χ0n) is 14.5. The maximum absolute atomic E-state index is 12.9. The molecule has 0 unspecified atom stereocenters. The van der Waals surface area contributed by atoms with Gasteiger partial charge in [-0.3, -0.25) is 14.9 Å². The van der Waals surface area contributed by atoms with Gasteiger partial charge in [0.2, 0.25) is 0 Å². The number of halogens is 2. The smallest absolute Gasteiger partial charge is 0.335 e. The number of imide groups is 2. The minimum atomic E-state index is -0.774. The molecule has 0 saturated carbocycles. The molecule has 2 aromatic carbocycles. The van der Waals surface area contributed by atoms with E-state index in [4.69, 9.17) is 0 Å². The number of urea groups is 1. The molecule has 0 spiro atoms. The maximum Gasteiger partial charge on any atom is 0.335 e. The highest BCUT2D eigenvalue weighted by atomic mass is 79.9. The van der Waals surface area contributed by atoms with Crippen molar-refractivity contribution in [1.29, 1.82) is 0 Å². The summed E-state index contributed by atoms with van der Waals surface area (Å²) >= 11 is 6.80. The van der Waals surface area contributed by atoms with E-state index in [1.54, 1.807) is 30.3 Å². The second-order valence-electron chi connectivity index (χ2n) is 6.04. The lowest BCUT2D eigenvalue weighted by atomic mass is 10.1. The van der Waals surface area contributed by atoms with Gasteiger partial charge in [-0.05, 0) is 57.9 Å². The standard InChI is InChI=1S/C19H15Br2N3O3/c1-23(2)16-7-6-11(9-15(16)21)8-14-17(25)22-19(27)24(18(14)26)13-5-3-4-12(20)10-13/h3-10H,1-2H3,(H,22,25,27). The van der Waals surface area contributed by atoms with Crippen LogP contribution in [0.1, 0.15) is 5.56 Å². The van der Waals surface area contributed by atoms with Crippen molar-refractivity contribution in [3.05, 3.63) is 62.5 Å². The van der Waals surface area contributed by atoms with Crippen LogP contribution in [0.4, 0.5) is 16.2 Å². The molecule has 8 heteroatoms. The molecule has 1 saturated heterocycles. The molecule has 0 radical (unpaired) electrons. The summed E-state index contributed by atoms with van der Waals surface area (Å²) in [6.45, 7) is 0. The van der Waals surface area contributed by atoms with E-state index in [0.29, 0.717) is 15.7 Å². The Morgan fingerprint density at radius 1 is 1.04 bits per heavy atom. The number of amides is 4. The molecule has 6 nitrogen and oxygen atoms in total. The van der Waals surface area contributed by atoms with Crippen molar-refractivity contribution in [2.24, 2.45) is 0 Å². The van der Waals surface area contributed by atoms with Crippen LogP contribution in [0.3, 0.4) is 0 Å². The Morgan fingerprint density at radius 2 is 1.78 bits per heavy atom. The molecule has 0 bridgehead atoms. The van der Waals surface area contributed by atoms with Crippen molar-refractivity contribution < 1.29 is 14.4 Å². The Bertz CT molecular complexity index is 986. The van der Waals surface area contributed by atoms with Crippen LogP contribution in [0.25, 0.3) is 6.08 Å². The molecule has 1 heterocycles. The SMILES string of the molecule is CN(C)c1ccc(C=C2C(=O)NC(=O)N(c3cccc(Br)c3)C2=O)cc1Br.